The van der Waals surface area contributed by atoms with Gasteiger partial charge >= 0.3 is 0 Å². The Bertz CT molecular complexity index is 989. The monoisotopic (exact) mass is 415 g/mol. The summed E-state index contributed by atoms with van der Waals surface area (Å²) in [7, 11) is 2.14. The highest BCUT2D eigenvalue weighted by Crippen LogP contribution is 2.25. The molecule has 6 nitrogen and oxygen atoms in total. The van der Waals surface area contributed by atoms with Crippen molar-refractivity contribution in [1.29, 1.82) is 0 Å². The predicted octanol–water partition coefficient (Wildman–Crippen LogP) is 1.56. The fourth-order valence-electron chi connectivity index (χ4n) is 4.70. The first-order valence-corrected chi connectivity index (χ1v) is 11.2. The van der Waals surface area contributed by atoms with Crippen LogP contribution in [0.1, 0.15) is 49.4 Å². The number of piperazine rings is 1. The van der Waals surface area contributed by atoms with Gasteiger partial charge in [-0.05, 0) is 31.9 Å². The van der Waals surface area contributed by atoms with Crippen LogP contribution in [0, 0.1) is 5.82 Å². The minimum atomic E-state index is -0.397. The van der Waals surface area contributed by atoms with Gasteiger partial charge in [0.1, 0.15) is 11.4 Å². The molecule has 1 aliphatic carbocycles. The highest BCUT2D eigenvalue weighted by atomic mass is 19.1. The minimum Gasteiger partial charge on any atom is -0.358 e. The number of likely N-dealkylation sites (N-methyl/N-ethyl adjacent to an activating group) is 1. The smallest absolute Gasteiger partial charge is 0.256 e. The third-order valence-corrected chi connectivity index (χ3v) is 6.63. The Kier molecular flexibility index (Phi) is 6.09. The molecule has 4 rings (SSSR count). The van der Waals surface area contributed by atoms with Crippen LogP contribution in [0.2, 0.25) is 0 Å². The van der Waals surface area contributed by atoms with Gasteiger partial charge in [-0.2, -0.15) is 0 Å². The number of benzene rings is 1. The number of anilines is 1. The second-order valence-corrected chi connectivity index (χ2v) is 8.73. The Balaban J connectivity index is 1.71. The number of hydrogen-bond donors (Lipinski definition) is 2. The number of pyridine rings is 1. The number of nitrogens with one attached hydrogen (secondary N) is 2. The zero-order chi connectivity index (χ0) is 21.3. The molecule has 0 spiro atoms. The molecule has 162 valence electrons. The Labute approximate surface area is 176 Å². The van der Waals surface area contributed by atoms with E-state index >= 15 is 4.39 Å². The third kappa shape index (κ3) is 4.08. The Morgan fingerprint density at radius 2 is 1.90 bits per heavy atom. The van der Waals surface area contributed by atoms with Crippen LogP contribution >= 0.6 is 0 Å². The van der Waals surface area contributed by atoms with E-state index in [0.717, 1.165) is 51.9 Å². The molecule has 0 radical (unpaired) electrons. The van der Waals surface area contributed by atoms with Gasteiger partial charge in [0.2, 0.25) is 5.43 Å². The van der Waals surface area contributed by atoms with Crippen molar-refractivity contribution in [3.05, 3.63) is 39.9 Å². The Morgan fingerprint density at radius 3 is 2.57 bits per heavy atom. The van der Waals surface area contributed by atoms with Gasteiger partial charge in [0.15, 0.2) is 0 Å². The second-order valence-electron chi connectivity index (χ2n) is 8.73. The number of quaternary nitrogens is 1. The molecule has 1 saturated heterocycles. The molecular weight excluding hydrogens is 383 g/mol. The van der Waals surface area contributed by atoms with E-state index in [1.807, 2.05) is 11.5 Å². The number of halogens is 1. The second kappa shape index (κ2) is 8.76. The zero-order valence-corrected chi connectivity index (χ0v) is 18.0. The average molecular weight is 416 g/mol. The van der Waals surface area contributed by atoms with E-state index in [2.05, 4.69) is 17.3 Å². The van der Waals surface area contributed by atoms with Crippen LogP contribution in [0.3, 0.4) is 0 Å². The Hall–Kier alpha value is -2.41. The summed E-state index contributed by atoms with van der Waals surface area (Å²) in [4.78, 5) is 29.4. The number of carbonyl (C=O) groups is 1. The lowest BCUT2D eigenvalue weighted by Gasteiger charge is -2.32. The van der Waals surface area contributed by atoms with E-state index in [1.54, 1.807) is 12.3 Å². The maximum atomic E-state index is 15.0. The van der Waals surface area contributed by atoms with Crippen LogP contribution in [-0.2, 0) is 6.54 Å². The van der Waals surface area contributed by atoms with Crippen LogP contribution in [0.4, 0.5) is 10.1 Å². The number of aromatic nitrogens is 1. The van der Waals surface area contributed by atoms with Crippen LogP contribution in [-0.4, -0.2) is 49.7 Å². The molecule has 2 heterocycles. The van der Waals surface area contributed by atoms with Gasteiger partial charge in [0, 0.05) is 24.2 Å². The lowest BCUT2D eigenvalue weighted by Crippen LogP contribution is -3.12. The van der Waals surface area contributed by atoms with Crippen molar-refractivity contribution in [1.82, 2.24) is 9.88 Å². The summed E-state index contributed by atoms with van der Waals surface area (Å²) in [6.07, 6.45) is 6.94. The first-order valence-electron chi connectivity index (χ1n) is 11.2. The van der Waals surface area contributed by atoms with Crippen molar-refractivity contribution >= 4 is 22.5 Å². The first-order chi connectivity index (χ1) is 14.5. The van der Waals surface area contributed by atoms with Gasteiger partial charge in [0.25, 0.3) is 5.91 Å². The number of aryl methyl sites for hydroxylation is 1. The van der Waals surface area contributed by atoms with Gasteiger partial charge in [-0.25, -0.2) is 4.39 Å². The van der Waals surface area contributed by atoms with E-state index in [-0.39, 0.29) is 22.9 Å². The van der Waals surface area contributed by atoms with Crippen LogP contribution in [0.15, 0.2) is 23.1 Å². The highest BCUT2D eigenvalue weighted by Gasteiger charge is 2.24. The number of hydrogen-bond acceptors (Lipinski definition) is 3. The molecule has 1 aromatic carbocycles. The summed E-state index contributed by atoms with van der Waals surface area (Å²) in [6, 6.07) is 3.22. The van der Waals surface area contributed by atoms with Crippen molar-refractivity contribution in [2.45, 2.75) is 51.6 Å². The quantitative estimate of drug-likeness (QED) is 0.797. The lowest BCUT2D eigenvalue weighted by atomic mass is 9.95. The van der Waals surface area contributed by atoms with Crippen molar-refractivity contribution in [2.75, 3.05) is 38.1 Å². The van der Waals surface area contributed by atoms with Gasteiger partial charge in [-0.1, -0.05) is 19.3 Å². The largest absolute Gasteiger partial charge is 0.358 e. The molecular formula is C23H32FN4O2+. The summed E-state index contributed by atoms with van der Waals surface area (Å²) in [5.74, 6) is -0.742. The van der Waals surface area contributed by atoms with E-state index in [9.17, 15) is 9.59 Å². The fraction of sp³-hybridized carbons (Fsp3) is 0.565. The molecule has 0 unspecified atom stereocenters. The molecule has 2 aromatic rings. The van der Waals surface area contributed by atoms with Gasteiger partial charge in [-0.3, -0.25) is 9.59 Å². The van der Waals surface area contributed by atoms with Gasteiger partial charge in [-0.15, -0.1) is 0 Å². The molecule has 7 heteroatoms. The van der Waals surface area contributed by atoms with Crippen LogP contribution in [0.5, 0.6) is 0 Å². The molecule has 0 bridgehead atoms. The standard InChI is InChI=1S/C23H31FN4O2/c1-3-27-15-18(23(30)25-16-7-5-4-6-8-16)22(29)17-13-19(24)21(14-20(17)27)28-11-9-26(2)10-12-28/h13-16H,3-12H2,1-2H3,(H,25,30)/p+1. The molecule has 30 heavy (non-hydrogen) atoms. The van der Waals surface area contributed by atoms with Crippen molar-refractivity contribution in [3.63, 3.8) is 0 Å². The lowest BCUT2D eigenvalue weighted by molar-refractivity contribution is -0.880. The molecule has 2 fully saturated rings. The maximum absolute atomic E-state index is 15.0. The van der Waals surface area contributed by atoms with Gasteiger partial charge < -0.3 is 19.7 Å². The number of carbonyl (C=O) groups excluding carboxylic acids is 1. The van der Waals surface area contributed by atoms with E-state index < -0.39 is 11.2 Å². The summed E-state index contributed by atoms with van der Waals surface area (Å²) in [5.41, 5.74) is 0.928. The first kappa shape index (κ1) is 20.8. The minimum absolute atomic E-state index is 0.102. The summed E-state index contributed by atoms with van der Waals surface area (Å²) in [6.45, 7) is 6.04. The van der Waals surface area contributed by atoms with E-state index in [0.29, 0.717) is 17.7 Å². The van der Waals surface area contributed by atoms with Crippen LogP contribution in [0.25, 0.3) is 10.9 Å². The average Bonchev–Trinajstić information content (AvgIpc) is 2.75. The fourth-order valence-corrected chi connectivity index (χ4v) is 4.70. The van der Waals surface area contributed by atoms with Crippen molar-refractivity contribution in [3.8, 4) is 0 Å². The molecule has 1 aliphatic heterocycles. The predicted molar refractivity (Wildman–Crippen MR) is 117 cm³/mol. The zero-order valence-electron chi connectivity index (χ0n) is 18.0. The summed E-state index contributed by atoms with van der Waals surface area (Å²) < 4.78 is 16.9. The highest BCUT2D eigenvalue weighted by molar-refractivity contribution is 5.98. The van der Waals surface area contributed by atoms with Gasteiger partial charge in [0.05, 0.1) is 44.4 Å². The number of amides is 1. The molecule has 1 aromatic heterocycles. The maximum Gasteiger partial charge on any atom is 0.256 e. The normalized spacial score (nSPS) is 18.7. The number of fused-ring (bicyclic) bond motifs is 1. The van der Waals surface area contributed by atoms with Crippen molar-refractivity contribution in [2.24, 2.45) is 0 Å². The molecule has 2 aliphatic rings. The number of rotatable bonds is 4. The third-order valence-electron chi connectivity index (χ3n) is 6.63. The summed E-state index contributed by atoms with van der Waals surface area (Å²) in [5, 5.41) is 3.29. The Morgan fingerprint density at radius 1 is 1.20 bits per heavy atom. The molecule has 2 N–H and O–H groups in total. The van der Waals surface area contributed by atoms with Crippen LogP contribution < -0.4 is 20.5 Å². The molecule has 0 atom stereocenters. The molecule has 1 amide bonds. The molecule has 1 saturated carbocycles. The van der Waals surface area contributed by atoms with E-state index in [4.69, 9.17) is 0 Å². The SMILES string of the molecule is CCn1cc(C(=O)NC2CCCCC2)c(=O)c2cc(F)c(N3CC[NH+](C)CC3)cc21. The summed E-state index contributed by atoms with van der Waals surface area (Å²) >= 11 is 0. The van der Waals surface area contributed by atoms with Crippen molar-refractivity contribution < 1.29 is 14.1 Å². The number of nitrogens with zero attached hydrogens (tertiary/aromatic N) is 2. The van der Waals surface area contributed by atoms with E-state index in [1.165, 1.54) is 17.4 Å². The topological polar surface area (TPSA) is 58.8 Å².